The van der Waals surface area contributed by atoms with Crippen LogP contribution in [-0.4, -0.2) is 12.5 Å². The van der Waals surface area contributed by atoms with Crippen molar-refractivity contribution in [3.05, 3.63) is 64.7 Å². The van der Waals surface area contributed by atoms with Crippen LogP contribution in [0.15, 0.2) is 42.5 Å². The van der Waals surface area contributed by atoms with Crippen molar-refractivity contribution in [3.8, 4) is 0 Å². The quantitative estimate of drug-likeness (QED) is 0.705. The summed E-state index contributed by atoms with van der Waals surface area (Å²) in [7, 11) is 0. The Balaban J connectivity index is 2.03. The molecule has 0 unspecified atom stereocenters. The highest BCUT2D eigenvalue weighted by molar-refractivity contribution is 5.93. The van der Waals surface area contributed by atoms with Gasteiger partial charge in [0.1, 0.15) is 0 Å². The van der Waals surface area contributed by atoms with E-state index < -0.39 is 0 Å². The maximum Gasteiger partial charge on any atom is 0.238 e. The molecule has 0 spiro atoms. The van der Waals surface area contributed by atoms with Gasteiger partial charge in [-0.25, -0.2) is 0 Å². The van der Waals surface area contributed by atoms with Gasteiger partial charge in [0.25, 0.3) is 0 Å². The fourth-order valence-electron chi connectivity index (χ4n) is 3.22. The predicted molar refractivity (Wildman–Crippen MR) is 111 cm³/mol. The summed E-state index contributed by atoms with van der Waals surface area (Å²) < 4.78 is 0. The van der Waals surface area contributed by atoms with Gasteiger partial charge in [-0.2, -0.15) is 0 Å². The normalized spacial score (nSPS) is 12.5. The molecule has 26 heavy (non-hydrogen) atoms. The smallest absolute Gasteiger partial charge is 0.238 e. The number of amides is 1. The van der Waals surface area contributed by atoms with E-state index in [0.717, 1.165) is 16.8 Å². The first-order valence-electron chi connectivity index (χ1n) is 9.49. The first-order chi connectivity index (χ1) is 12.3. The summed E-state index contributed by atoms with van der Waals surface area (Å²) in [6, 6.07) is 14.9. The SMILES string of the molecule is Cc1cccc(C)c1NC(=O)CN[C@@H](c1ccc(C(C)C)cc1)C(C)C. The van der Waals surface area contributed by atoms with Crippen LogP contribution in [0.3, 0.4) is 0 Å². The molecule has 0 radical (unpaired) electrons. The molecule has 2 N–H and O–H groups in total. The summed E-state index contributed by atoms with van der Waals surface area (Å²) in [6.07, 6.45) is 0. The van der Waals surface area contributed by atoms with Gasteiger partial charge in [-0.3, -0.25) is 4.79 Å². The summed E-state index contributed by atoms with van der Waals surface area (Å²) in [5.74, 6) is 0.914. The highest BCUT2D eigenvalue weighted by Crippen LogP contribution is 2.24. The lowest BCUT2D eigenvalue weighted by atomic mass is 9.93. The number of carbonyl (C=O) groups is 1. The van der Waals surface area contributed by atoms with Gasteiger partial charge in [0, 0.05) is 11.7 Å². The van der Waals surface area contributed by atoms with Crippen molar-refractivity contribution in [2.75, 3.05) is 11.9 Å². The minimum Gasteiger partial charge on any atom is -0.324 e. The third kappa shape index (κ3) is 5.18. The van der Waals surface area contributed by atoms with E-state index in [1.54, 1.807) is 0 Å². The Hall–Kier alpha value is -2.13. The zero-order valence-electron chi connectivity index (χ0n) is 16.9. The van der Waals surface area contributed by atoms with Gasteiger partial charge in [0.2, 0.25) is 5.91 Å². The summed E-state index contributed by atoms with van der Waals surface area (Å²) >= 11 is 0. The van der Waals surface area contributed by atoms with Gasteiger partial charge < -0.3 is 10.6 Å². The Bertz CT molecular complexity index is 712. The lowest BCUT2D eigenvalue weighted by molar-refractivity contribution is -0.115. The molecule has 3 heteroatoms. The number of hydrogen-bond acceptors (Lipinski definition) is 2. The maximum absolute atomic E-state index is 12.4. The van der Waals surface area contributed by atoms with E-state index in [2.05, 4.69) is 62.6 Å². The van der Waals surface area contributed by atoms with E-state index in [1.165, 1.54) is 11.1 Å². The molecule has 0 aliphatic heterocycles. The molecule has 0 aliphatic rings. The second-order valence-corrected chi connectivity index (χ2v) is 7.74. The number of hydrogen-bond donors (Lipinski definition) is 2. The minimum absolute atomic E-state index is 0.00755. The molecule has 1 atom stereocenters. The zero-order chi connectivity index (χ0) is 19.3. The topological polar surface area (TPSA) is 41.1 Å². The number of benzene rings is 2. The summed E-state index contributed by atoms with van der Waals surface area (Å²) in [5.41, 5.74) is 5.65. The van der Waals surface area contributed by atoms with Gasteiger partial charge in [0.05, 0.1) is 6.54 Å². The summed E-state index contributed by atoms with van der Waals surface area (Å²) in [6.45, 7) is 13.1. The monoisotopic (exact) mass is 352 g/mol. The highest BCUT2D eigenvalue weighted by Gasteiger charge is 2.17. The minimum atomic E-state index is -0.00755. The van der Waals surface area contributed by atoms with E-state index in [4.69, 9.17) is 0 Å². The summed E-state index contributed by atoms with van der Waals surface area (Å²) in [4.78, 5) is 12.4. The molecular weight excluding hydrogens is 320 g/mol. The van der Waals surface area contributed by atoms with E-state index in [-0.39, 0.29) is 11.9 Å². The van der Waals surface area contributed by atoms with Crippen LogP contribution in [0.4, 0.5) is 5.69 Å². The number of anilines is 1. The van der Waals surface area contributed by atoms with Crippen LogP contribution in [0.5, 0.6) is 0 Å². The van der Waals surface area contributed by atoms with E-state index >= 15 is 0 Å². The van der Waals surface area contributed by atoms with Crippen molar-refractivity contribution in [1.29, 1.82) is 0 Å². The molecule has 0 saturated carbocycles. The Morgan fingerprint density at radius 3 is 1.92 bits per heavy atom. The largest absolute Gasteiger partial charge is 0.324 e. The fourth-order valence-corrected chi connectivity index (χ4v) is 3.22. The fraction of sp³-hybridized carbons (Fsp3) is 0.435. The molecule has 0 aliphatic carbocycles. The van der Waals surface area contributed by atoms with Crippen molar-refractivity contribution < 1.29 is 4.79 Å². The van der Waals surface area contributed by atoms with Crippen molar-refractivity contribution in [2.24, 2.45) is 5.92 Å². The Labute approximate surface area is 158 Å². The number of para-hydroxylation sites is 1. The van der Waals surface area contributed by atoms with Gasteiger partial charge in [-0.1, -0.05) is 70.2 Å². The molecule has 2 rings (SSSR count). The number of aryl methyl sites for hydroxylation is 2. The van der Waals surface area contributed by atoms with Crippen LogP contribution >= 0.6 is 0 Å². The van der Waals surface area contributed by atoms with Gasteiger partial charge in [0.15, 0.2) is 0 Å². The number of nitrogens with one attached hydrogen (secondary N) is 2. The Morgan fingerprint density at radius 2 is 1.42 bits per heavy atom. The lowest BCUT2D eigenvalue weighted by Gasteiger charge is -2.23. The van der Waals surface area contributed by atoms with Gasteiger partial charge in [-0.15, -0.1) is 0 Å². The van der Waals surface area contributed by atoms with Crippen molar-refractivity contribution in [1.82, 2.24) is 5.32 Å². The highest BCUT2D eigenvalue weighted by atomic mass is 16.1. The lowest BCUT2D eigenvalue weighted by Crippen LogP contribution is -2.34. The Kier molecular flexibility index (Phi) is 6.98. The average Bonchev–Trinajstić information content (AvgIpc) is 2.58. The third-order valence-corrected chi connectivity index (χ3v) is 4.86. The molecule has 0 heterocycles. The summed E-state index contributed by atoms with van der Waals surface area (Å²) in [5, 5.41) is 6.48. The molecule has 0 saturated heterocycles. The first-order valence-corrected chi connectivity index (χ1v) is 9.49. The van der Waals surface area contributed by atoms with Crippen molar-refractivity contribution in [2.45, 2.75) is 53.5 Å². The van der Waals surface area contributed by atoms with E-state index in [0.29, 0.717) is 18.4 Å². The van der Waals surface area contributed by atoms with Crippen LogP contribution in [0.25, 0.3) is 0 Å². The molecule has 0 aromatic heterocycles. The van der Waals surface area contributed by atoms with Crippen molar-refractivity contribution >= 4 is 11.6 Å². The molecule has 0 fully saturated rings. The average molecular weight is 353 g/mol. The molecule has 2 aromatic carbocycles. The van der Waals surface area contributed by atoms with Crippen LogP contribution in [0.2, 0.25) is 0 Å². The van der Waals surface area contributed by atoms with Crippen molar-refractivity contribution in [3.63, 3.8) is 0 Å². The molecule has 140 valence electrons. The van der Waals surface area contributed by atoms with Crippen LogP contribution in [-0.2, 0) is 4.79 Å². The number of rotatable bonds is 7. The second kappa shape index (κ2) is 9.00. The first kappa shape index (κ1) is 20.2. The molecular formula is C23H32N2O. The van der Waals surface area contributed by atoms with Gasteiger partial charge in [-0.05, 0) is 47.9 Å². The standard InChI is InChI=1S/C23H32N2O/c1-15(2)19-10-12-20(13-11-19)22(16(3)4)24-14-21(26)25-23-17(5)8-7-9-18(23)6/h7-13,15-16,22,24H,14H2,1-6H3,(H,25,26)/t22-/m1/s1. The Morgan fingerprint density at radius 1 is 0.885 bits per heavy atom. The molecule has 1 amide bonds. The zero-order valence-corrected chi connectivity index (χ0v) is 16.9. The second-order valence-electron chi connectivity index (χ2n) is 7.74. The van der Waals surface area contributed by atoms with Crippen LogP contribution in [0.1, 0.15) is 61.9 Å². The molecule has 0 bridgehead atoms. The molecule has 2 aromatic rings. The predicted octanol–water partition coefficient (Wildman–Crippen LogP) is 5.35. The maximum atomic E-state index is 12.4. The van der Waals surface area contributed by atoms with Crippen LogP contribution in [0, 0.1) is 19.8 Å². The van der Waals surface area contributed by atoms with Crippen LogP contribution < -0.4 is 10.6 Å². The number of carbonyl (C=O) groups excluding carboxylic acids is 1. The van der Waals surface area contributed by atoms with E-state index in [1.807, 2.05) is 32.0 Å². The van der Waals surface area contributed by atoms with Gasteiger partial charge >= 0.3 is 0 Å². The van der Waals surface area contributed by atoms with E-state index in [9.17, 15) is 4.79 Å². The molecule has 3 nitrogen and oxygen atoms in total. The third-order valence-electron chi connectivity index (χ3n) is 4.86.